The Bertz CT molecular complexity index is 401. The maximum Gasteiger partial charge on any atom is 0.238 e. The van der Waals surface area contributed by atoms with Gasteiger partial charge in [0.25, 0.3) is 0 Å². The molecular weight excluding hydrogens is 368 g/mol. The van der Waals surface area contributed by atoms with E-state index in [0.29, 0.717) is 5.41 Å². The Labute approximate surface area is 172 Å². The number of rotatable bonds is 11. The molecule has 0 amide bonds. The molecule has 0 radical (unpaired) electrons. The minimum atomic E-state index is -1.79. The van der Waals surface area contributed by atoms with Crippen molar-refractivity contribution in [1.29, 1.82) is 0 Å². The summed E-state index contributed by atoms with van der Waals surface area (Å²) in [6.45, 7) is 20.8. The van der Waals surface area contributed by atoms with Gasteiger partial charge in [-0.1, -0.05) is 62.3 Å². The van der Waals surface area contributed by atoms with Gasteiger partial charge in [-0.15, -0.1) is 0 Å². The molecule has 5 heteroatoms. The maximum absolute atomic E-state index is 7.02. The standard InChI is InChI=1S/C22H48O3Si2/c1-10-26(11-2,12-3)24-22(23-25-27(13-4,14-5)15-6)18-16-20(17-19-22)21(7,8)9/h20H,10-19H2,1-9H3. The SMILES string of the molecule is CC[Si](CC)(CC)OOC1(O[Si](CC)(CC)CC)CCC(C(C)(C)C)CC1. The summed E-state index contributed by atoms with van der Waals surface area (Å²) in [5, 5.41) is 0. The van der Waals surface area contributed by atoms with E-state index in [9.17, 15) is 0 Å². The fourth-order valence-corrected chi connectivity index (χ4v) is 9.72. The van der Waals surface area contributed by atoms with Crippen LogP contribution in [0.2, 0.25) is 36.3 Å². The van der Waals surface area contributed by atoms with E-state index in [0.717, 1.165) is 55.0 Å². The molecule has 0 aliphatic heterocycles. The van der Waals surface area contributed by atoms with E-state index in [-0.39, 0.29) is 0 Å². The zero-order valence-electron chi connectivity index (χ0n) is 19.9. The molecular formula is C22H48O3Si2. The van der Waals surface area contributed by atoms with E-state index < -0.39 is 22.4 Å². The first-order valence-electron chi connectivity index (χ1n) is 11.7. The summed E-state index contributed by atoms with van der Waals surface area (Å²) >= 11 is 0. The molecule has 0 heterocycles. The Balaban J connectivity index is 3.03. The van der Waals surface area contributed by atoms with E-state index in [4.69, 9.17) is 13.9 Å². The van der Waals surface area contributed by atoms with Gasteiger partial charge in [0.2, 0.25) is 8.32 Å². The van der Waals surface area contributed by atoms with Gasteiger partial charge in [-0.3, -0.25) is 4.58 Å². The fraction of sp³-hybridized carbons (Fsp3) is 1.00. The van der Waals surface area contributed by atoms with Crippen LogP contribution in [-0.2, 0) is 13.9 Å². The number of hydrogen-bond acceptors (Lipinski definition) is 3. The third kappa shape index (κ3) is 6.40. The molecule has 0 spiro atoms. The summed E-state index contributed by atoms with van der Waals surface area (Å²) in [7, 11) is -3.56. The summed E-state index contributed by atoms with van der Waals surface area (Å²) < 4.78 is 13.4. The Morgan fingerprint density at radius 3 is 1.48 bits per heavy atom. The largest absolute Gasteiger partial charge is 0.388 e. The predicted molar refractivity (Wildman–Crippen MR) is 122 cm³/mol. The second kappa shape index (κ2) is 10.4. The first-order chi connectivity index (χ1) is 12.6. The van der Waals surface area contributed by atoms with Crippen molar-refractivity contribution < 1.29 is 13.9 Å². The molecule has 0 aromatic carbocycles. The van der Waals surface area contributed by atoms with Crippen molar-refractivity contribution in [2.75, 3.05) is 0 Å². The van der Waals surface area contributed by atoms with E-state index in [1.54, 1.807) is 0 Å². The van der Waals surface area contributed by atoms with Gasteiger partial charge in [0, 0.05) is 12.8 Å². The average molecular weight is 417 g/mol. The van der Waals surface area contributed by atoms with Crippen LogP contribution in [0.5, 0.6) is 0 Å². The molecule has 0 bridgehead atoms. The van der Waals surface area contributed by atoms with E-state index >= 15 is 0 Å². The monoisotopic (exact) mass is 416 g/mol. The van der Waals surface area contributed by atoms with E-state index in [1.807, 2.05) is 0 Å². The topological polar surface area (TPSA) is 27.7 Å². The highest BCUT2D eigenvalue weighted by atomic mass is 28.4. The summed E-state index contributed by atoms with van der Waals surface area (Å²) in [4.78, 5) is 6.41. The first-order valence-corrected chi connectivity index (χ1v) is 16.7. The van der Waals surface area contributed by atoms with Crippen LogP contribution in [0.4, 0.5) is 0 Å². The molecule has 0 atom stereocenters. The van der Waals surface area contributed by atoms with Gasteiger partial charge in [0.05, 0.1) is 0 Å². The normalized spacial score (nSPS) is 25.0. The first kappa shape index (κ1) is 25.4. The minimum Gasteiger partial charge on any atom is -0.388 e. The third-order valence-corrected chi connectivity index (χ3v) is 16.6. The van der Waals surface area contributed by atoms with Crippen molar-refractivity contribution >= 4 is 16.6 Å². The van der Waals surface area contributed by atoms with Crippen LogP contribution in [0.3, 0.4) is 0 Å². The predicted octanol–water partition coefficient (Wildman–Crippen LogP) is 7.89. The third-order valence-electron chi connectivity index (χ3n) is 7.61. The lowest BCUT2D eigenvalue weighted by Gasteiger charge is -2.48. The summed E-state index contributed by atoms with van der Waals surface area (Å²) in [6.07, 6.45) is 4.30. The second-order valence-electron chi connectivity index (χ2n) is 9.81. The van der Waals surface area contributed by atoms with E-state index in [1.165, 1.54) is 12.8 Å². The zero-order valence-corrected chi connectivity index (χ0v) is 21.9. The quantitative estimate of drug-likeness (QED) is 0.148. The molecule has 0 saturated heterocycles. The highest BCUT2D eigenvalue weighted by Crippen LogP contribution is 2.46. The van der Waals surface area contributed by atoms with Gasteiger partial charge in [-0.05, 0) is 60.4 Å². The second-order valence-corrected chi connectivity index (χ2v) is 19.2. The van der Waals surface area contributed by atoms with Crippen LogP contribution in [0.1, 0.15) is 88.0 Å². The zero-order chi connectivity index (χ0) is 20.8. The molecule has 162 valence electrons. The lowest BCUT2D eigenvalue weighted by Crippen LogP contribution is -2.53. The molecule has 1 saturated carbocycles. The lowest BCUT2D eigenvalue weighted by atomic mass is 9.71. The molecule has 27 heavy (non-hydrogen) atoms. The summed E-state index contributed by atoms with van der Waals surface area (Å²) in [6, 6.07) is 6.80. The van der Waals surface area contributed by atoms with E-state index in [2.05, 4.69) is 62.3 Å². The smallest absolute Gasteiger partial charge is 0.238 e. The van der Waals surface area contributed by atoms with Crippen molar-refractivity contribution in [3.8, 4) is 0 Å². The fourth-order valence-electron chi connectivity index (χ4n) is 4.58. The van der Waals surface area contributed by atoms with Crippen molar-refractivity contribution in [2.24, 2.45) is 11.3 Å². The molecule has 0 N–H and O–H groups in total. The van der Waals surface area contributed by atoms with Gasteiger partial charge in [-0.25, -0.2) is 4.89 Å². The average Bonchev–Trinajstić information content (AvgIpc) is 2.67. The van der Waals surface area contributed by atoms with Gasteiger partial charge in [0.1, 0.15) is 0 Å². The molecule has 1 rings (SSSR count). The maximum atomic E-state index is 7.02. The van der Waals surface area contributed by atoms with Crippen LogP contribution in [0.15, 0.2) is 0 Å². The van der Waals surface area contributed by atoms with Gasteiger partial charge >= 0.3 is 0 Å². The molecule has 0 unspecified atom stereocenters. The van der Waals surface area contributed by atoms with Crippen molar-refractivity contribution in [1.82, 2.24) is 0 Å². The lowest BCUT2D eigenvalue weighted by molar-refractivity contribution is -0.379. The molecule has 1 aliphatic carbocycles. The molecule has 1 aliphatic rings. The molecule has 3 nitrogen and oxygen atoms in total. The Morgan fingerprint density at radius 2 is 1.15 bits per heavy atom. The van der Waals surface area contributed by atoms with Crippen molar-refractivity contribution in [3.63, 3.8) is 0 Å². The van der Waals surface area contributed by atoms with Crippen molar-refractivity contribution in [2.45, 2.75) is 130 Å². The van der Waals surface area contributed by atoms with Crippen molar-refractivity contribution in [3.05, 3.63) is 0 Å². The van der Waals surface area contributed by atoms with Gasteiger partial charge in [0.15, 0.2) is 14.1 Å². The Morgan fingerprint density at radius 1 is 0.741 bits per heavy atom. The van der Waals surface area contributed by atoms with Gasteiger partial charge in [-0.2, -0.15) is 0 Å². The van der Waals surface area contributed by atoms with Crippen LogP contribution < -0.4 is 0 Å². The van der Waals surface area contributed by atoms with Gasteiger partial charge < -0.3 is 4.43 Å². The van der Waals surface area contributed by atoms with Crippen LogP contribution >= 0.6 is 0 Å². The van der Waals surface area contributed by atoms with Crippen LogP contribution in [0, 0.1) is 11.3 Å². The Kier molecular flexibility index (Phi) is 9.74. The highest BCUT2D eigenvalue weighted by molar-refractivity contribution is 6.74. The molecule has 1 fully saturated rings. The number of hydrogen-bond donors (Lipinski definition) is 0. The minimum absolute atomic E-state index is 0.358. The Hall–Kier alpha value is 0.314. The summed E-state index contributed by atoms with van der Waals surface area (Å²) in [5.74, 6) is 0.234. The summed E-state index contributed by atoms with van der Waals surface area (Å²) in [5.41, 5.74) is 0.358. The van der Waals surface area contributed by atoms with Crippen LogP contribution in [-0.4, -0.2) is 22.4 Å². The molecule has 0 aromatic heterocycles. The van der Waals surface area contributed by atoms with Crippen LogP contribution in [0.25, 0.3) is 0 Å². The highest BCUT2D eigenvalue weighted by Gasteiger charge is 2.48. The molecule has 0 aromatic rings.